The lowest BCUT2D eigenvalue weighted by molar-refractivity contribution is 0.124. The zero-order chi connectivity index (χ0) is 9.42. The van der Waals surface area contributed by atoms with Crippen LogP contribution in [0.25, 0.3) is 0 Å². The molecule has 0 spiro atoms. The minimum absolute atomic E-state index is 0.0591. The summed E-state index contributed by atoms with van der Waals surface area (Å²) in [7, 11) is 1.87. The maximum absolute atomic E-state index is 9.59. The molecule has 2 heterocycles. The average Bonchev–Trinajstić information content (AvgIpc) is 2.58. The summed E-state index contributed by atoms with van der Waals surface area (Å²) < 4.78 is 7.75. The van der Waals surface area contributed by atoms with Crippen LogP contribution in [0.5, 0.6) is 0 Å². The number of rotatable bonds is 1. The van der Waals surface area contributed by atoms with Gasteiger partial charge in [-0.1, -0.05) is 0 Å². The second kappa shape index (κ2) is 3.40. The largest absolute Gasteiger partial charge is 0.390 e. The Morgan fingerprint density at radius 3 is 2.92 bits per heavy atom. The van der Waals surface area contributed by atoms with Gasteiger partial charge < -0.3 is 9.84 Å². The molecule has 1 aromatic rings. The Bertz CT molecular complexity index is 313. The number of nitrogens with zero attached hydrogens (tertiary/aromatic N) is 2. The lowest BCUT2D eigenvalue weighted by Gasteiger charge is -2.11. The zero-order valence-corrected chi connectivity index (χ0v) is 8.86. The van der Waals surface area contributed by atoms with Crippen molar-refractivity contribution in [2.45, 2.75) is 12.0 Å². The number of hydrogen-bond donors (Lipinski definition) is 1. The molecule has 4 nitrogen and oxygen atoms in total. The Hall–Kier alpha value is -0.390. The van der Waals surface area contributed by atoms with E-state index in [-0.39, 0.29) is 5.92 Å². The molecule has 0 radical (unpaired) electrons. The van der Waals surface area contributed by atoms with E-state index in [0.29, 0.717) is 13.2 Å². The summed E-state index contributed by atoms with van der Waals surface area (Å²) in [6.07, 6.45) is -0.401. The van der Waals surface area contributed by atoms with Crippen molar-refractivity contribution in [2.75, 3.05) is 13.2 Å². The molecule has 0 aromatic carbocycles. The Kier molecular flexibility index (Phi) is 2.40. The Morgan fingerprint density at radius 2 is 2.46 bits per heavy atom. The number of aliphatic hydroxyl groups excluding tert-OH is 1. The Labute approximate surface area is 84.6 Å². The van der Waals surface area contributed by atoms with Gasteiger partial charge in [-0.25, -0.2) is 0 Å². The van der Waals surface area contributed by atoms with Crippen LogP contribution in [0.15, 0.2) is 10.7 Å². The van der Waals surface area contributed by atoms with Gasteiger partial charge in [0.15, 0.2) is 0 Å². The normalized spacial score (nSPS) is 28.2. The third-order valence-corrected chi connectivity index (χ3v) is 2.70. The lowest BCUT2D eigenvalue weighted by Crippen LogP contribution is -2.18. The first-order valence-corrected chi connectivity index (χ1v) is 4.93. The molecular weight excluding hydrogens is 236 g/mol. The summed E-state index contributed by atoms with van der Waals surface area (Å²) in [4.78, 5) is 0. The molecule has 1 N–H and O–H groups in total. The molecule has 1 fully saturated rings. The van der Waals surface area contributed by atoms with Crippen LogP contribution >= 0.6 is 15.9 Å². The molecule has 1 aliphatic heterocycles. The fraction of sp³-hybridized carbons (Fsp3) is 0.625. The minimum Gasteiger partial charge on any atom is -0.390 e. The Balaban J connectivity index is 2.28. The summed E-state index contributed by atoms with van der Waals surface area (Å²) in [5.74, 6) is 0.0591. The minimum atomic E-state index is -0.401. The van der Waals surface area contributed by atoms with Crippen molar-refractivity contribution in [3.8, 4) is 0 Å². The average molecular weight is 247 g/mol. The number of aliphatic hydroxyl groups is 1. The van der Waals surface area contributed by atoms with Gasteiger partial charge in [-0.05, 0) is 22.0 Å². The zero-order valence-electron chi connectivity index (χ0n) is 7.27. The molecule has 1 aliphatic rings. The van der Waals surface area contributed by atoms with Crippen LogP contribution in [0.1, 0.15) is 11.6 Å². The van der Waals surface area contributed by atoms with Gasteiger partial charge in [0, 0.05) is 12.7 Å². The van der Waals surface area contributed by atoms with Gasteiger partial charge in [-0.15, -0.1) is 0 Å². The molecule has 1 saturated heterocycles. The first-order valence-electron chi connectivity index (χ1n) is 4.13. The summed E-state index contributed by atoms with van der Waals surface area (Å²) >= 11 is 3.30. The van der Waals surface area contributed by atoms with E-state index in [9.17, 15) is 5.11 Å². The van der Waals surface area contributed by atoms with Crippen molar-refractivity contribution in [2.24, 2.45) is 7.05 Å². The van der Waals surface area contributed by atoms with Gasteiger partial charge in [-0.3, -0.25) is 4.68 Å². The molecule has 1 aromatic heterocycles. The fourth-order valence-corrected chi connectivity index (χ4v) is 2.09. The second-order valence-corrected chi connectivity index (χ2v) is 4.04. The summed E-state index contributed by atoms with van der Waals surface area (Å²) in [5, 5.41) is 13.8. The smallest absolute Gasteiger partial charge is 0.128 e. The summed E-state index contributed by atoms with van der Waals surface area (Å²) in [6, 6.07) is 1.92. The molecule has 0 amide bonds. The van der Waals surface area contributed by atoms with Gasteiger partial charge >= 0.3 is 0 Å². The summed E-state index contributed by atoms with van der Waals surface area (Å²) in [6.45, 7) is 1.00. The van der Waals surface area contributed by atoms with Gasteiger partial charge in [-0.2, -0.15) is 5.10 Å². The molecule has 0 saturated carbocycles. The molecule has 2 unspecified atom stereocenters. The van der Waals surface area contributed by atoms with Gasteiger partial charge in [0.05, 0.1) is 25.2 Å². The van der Waals surface area contributed by atoms with Crippen LogP contribution in [0.3, 0.4) is 0 Å². The van der Waals surface area contributed by atoms with E-state index in [1.807, 2.05) is 13.1 Å². The highest BCUT2D eigenvalue weighted by Crippen LogP contribution is 2.26. The number of aryl methyl sites for hydroxylation is 1. The van der Waals surface area contributed by atoms with Crippen LogP contribution in [0, 0.1) is 0 Å². The maximum atomic E-state index is 9.59. The van der Waals surface area contributed by atoms with Crippen LogP contribution in [0.4, 0.5) is 0 Å². The molecule has 13 heavy (non-hydrogen) atoms. The first-order chi connectivity index (χ1) is 6.18. The number of hydrogen-bond acceptors (Lipinski definition) is 3. The predicted molar refractivity (Wildman–Crippen MR) is 50.5 cm³/mol. The SMILES string of the molecule is Cn1nc(Br)cc1C1COCC1O. The monoisotopic (exact) mass is 246 g/mol. The molecule has 5 heteroatoms. The highest BCUT2D eigenvalue weighted by Gasteiger charge is 2.30. The molecular formula is C8H11BrN2O2. The van der Waals surface area contributed by atoms with Crippen LogP contribution in [-0.2, 0) is 11.8 Å². The molecule has 72 valence electrons. The lowest BCUT2D eigenvalue weighted by atomic mass is 10.0. The topological polar surface area (TPSA) is 47.3 Å². The van der Waals surface area contributed by atoms with Crippen LogP contribution < -0.4 is 0 Å². The number of halogens is 1. The fourth-order valence-electron chi connectivity index (χ4n) is 1.62. The molecule has 2 atom stereocenters. The predicted octanol–water partition coefficient (Wildman–Crippen LogP) is 0.657. The van der Waals surface area contributed by atoms with Gasteiger partial charge in [0.1, 0.15) is 4.60 Å². The third-order valence-electron chi connectivity index (χ3n) is 2.32. The van der Waals surface area contributed by atoms with Crippen molar-refractivity contribution in [3.63, 3.8) is 0 Å². The standard InChI is InChI=1S/C8H11BrN2O2/c1-11-6(2-8(9)10-11)5-3-13-4-7(5)12/h2,5,7,12H,3-4H2,1H3. The van der Waals surface area contributed by atoms with E-state index in [4.69, 9.17) is 4.74 Å². The third kappa shape index (κ3) is 1.63. The highest BCUT2D eigenvalue weighted by atomic mass is 79.9. The van der Waals surface area contributed by atoms with E-state index in [0.717, 1.165) is 10.3 Å². The highest BCUT2D eigenvalue weighted by molar-refractivity contribution is 9.10. The first kappa shape index (κ1) is 9.18. The van der Waals surface area contributed by atoms with Crippen molar-refractivity contribution in [1.29, 1.82) is 0 Å². The van der Waals surface area contributed by atoms with E-state index in [1.54, 1.807) is 4.68 Å². The Morgan fingerprint density at radius 1 is 1.69 bits per heavy atom. The van der Waals surface area contributed by atoms with E-state index in [2.05, 4.69) is 21.0 Å². The van der Waals surface area contributed by atoms with E-state index < -0.39 is 6.10 Å². The number of aromatic nitrogens is 2. The van der Waals surface area contributed by atoms with Crippen molar-refractivity contribution < 1.29 is 9.84 Å². The van der Waals surface area contributed by atoms with Crippen LogP contribution in [-0.4, -0.2) is 34.2 Å². The molecule has 0 aliphatic carbocycles. The molecule has 2 rings (SSSR count). The van der Waals surface area contributed by atoms with Gasteiger partial charge in [0.25, 0.3) is 0 Å². The maximum Gasteiger partial charge on any atom is 0.128 e. The quantitative estimate of drug-likeness (QED) is 0.792. The van der Waals surface area contributed by atoms with E-state index in [1.165, 1.54) is 0 Å². The van der Waals surface area contributed by atoms with E-state index >= 15 is 0 Å². The van der Waals surface area contributed by atoms with Crippen LogP contribution in [0.2, 0.25) is 0 Å². The molecule has 0 bridgehead atoms. The summed E-state index contributed by atoms with van der Waals surface area (Å²) in [5.41, 5.74) is 1.01. The number of ether oxygens (including phenoxy) is 1. The van der Waals surface area contributed by atoms with Crippen molar-refractivity contribution in [3.05, 3.63) is 16.4 Å². The van der Waals surface area contributed by atoms with Gasteiger partial charge in [0.2, 0.25) is 0 Å². The second-order valence-electron chi connectivity index (χ2n) is 3.23. The van der Waals surface area contributed by atoms with Crippen molar-refractivity contribution in [1.82, 2.24) is 9.78 Å². The van der Waals surface area contributed by atoms with Crippen molar-refractivity contribution >= 4 is 15.9 Å².